The van der Waals surface area contributed by atoms with Crippen LogP contribution in [0.25, 0.3) is 0 Å². The molecule has 0 saturated carbocycles. The molecule has 0 saturated heterocycles. The molecule has 0 aromatic heterocycles. The Morgan fingerprint density at radius 3 is 2.32 bits per heavy atom. The lowest BCUT2D eigenvalue weighted by Gasteiger charge is -2.21. The number of benzene rings is 1. The van der Waals surface area contributed by atoms with Gasteiger partial charge in [0, 0.05) is 33.7 Å². The highest BCUT2D eigenvalue weighted by Crippen LogP contribution is 2.14. The average molecular weight is 375 g/mol. The molecule has 1 aromatic carbocycles. The van der Waals surface area contributed by atoms with E-state index >= 15 is 0 Å². The third-order valence-corrected chi connectivity index (χ3v) is 5.41. The normalized spacial score (nSPS) is 12.7. The molecule has 0 aliphatic heterocycles. The zero-order valence-electron chi connectivity index (χ0n) is 14.3. The fourth-order valence-corrected chi connectivity index (χ4v) is 3.11. The lowest BCUT2D eigenvalue weighted by Crippen LogP contribution is -2.43. The van der Waals surface area contributed by atoms with Crippen LogP contribution in [0.2, 0.25) is 0 Å². The van der Waals surface area contributed by atoms with E-state index in [2.05, 4.69) is 5.32 Å². The number of carbonyl (C=O) groups is 2. The molecule has 0 aliphatic carbocycles. The van der Waals surface area contributed by atoms with Crippen LogP contribution in [0.15, 0.2) is 29.2 Å². The van der Waals surface area contributed by atoms with Crippen molar-refractivity contribution >= 4 is 22.0 Å². The summed E-state index contributed by atoms with van der Waals surface area (Å²) in [6, 6.07) is 3.95. The van der Waals surface area contributed by atoms with Crippen LogP contribution in [-0.4, -0.2) is 68.5 Å². The van der Waals surface area contributed by atoms with Gasteiger partial charge in [0.2, 0.25) is 10.0 Å². The number of hydrogen-bond acceptors (Lipinski definition) is 4. The van der Waals surface area contributed by atoms with Crippen molar-refractivity contribution in [2.24, 2.45) is 5.92 Å². The van der Waals surface area contributed by atoms with Crippen molar-refractivity contribution in [3.05, 3.63) is 30.1 Å². The van der Waals surface area contributed by atoms with Crippen molar-refractivity contribution in [1.29, 1.82) is 0 Å². The van der Waals surface area contributed by atoms with Crippen molar-refractivity contribution in [2.75, 3.05) is 33.7 Å². The molecular weight excluding hydrogens is 353 g/mol. The minimum Gasteiger partial charge on any atom is -0.481 e. The molecule has 2 amide bonds. The number of carboxylic acid groups (broad SMARTS) is 1. The maximum atomic E-state index is 12.9. The van der Waals surface area contributed by atoms with Crippen LogP contribution >= 0.6 is 0 Å². The summed E-state index contributed by atoms with van der Waals surface area (Å²) in [5.41, 5.74) is 0. The molecule has 1 atom stereocenters. The first kappa shape index (κ1) is 20.8. The van der Waals surface area contributed by atoms with E-state index in [-0.39, 0.29) is 24.5 Å². The second-order valence-electron chi connectivity index (χ2n) is 5.63. The number of rotatable bonds is 8. The van der Waals surface area contributed by atoms with Gasteiger partial charge in [0.05, 0.1) is 10.8 Å². The van der Waals surface area contributed by atoms with Gasteiger partial charge < -0.3 is 15.3 Å². The maximum absolute atomic E-state index is 12.9. The van der Waals surface area contributed by atoms with Gasteiger partial charge in [-0.1, -0.05) is 6.92 Å². The second kappa shape index (κ2) is 8.77. The van der Waals surface area contributed by atoms with Crippen LogP contribution in [0, 0.1) is 11.7 Å². The van der Waals surface area contributed by atoms with Gasteiger partial charge in [-0.05, 0) is 24.3 Å². The van der Waals surface area contributed by atoms with Crippen molar-refractivity contribution in [3.8, 4) is 0 Å². The van der Waals surface area contributed by atoms with Crippen LogP contribution in [0.1, 0.15) is 6.92 Å². The number of amides is 2. The zero-order valence-corrected chi connectivity index (χ0v) is 15.1. The first-order valence-electron chi connectivity index (χ1n) is 7.49. The molecule has 0 heterocycles. The van der Waals surface area contributed by atoms with Crippen LogP contribution < -0.4 is 5.32 Å². The fourth-order valence-electron chi connectivity index (χ4n) is 1.93. The molecule has 0 radical (unpaired) electrons. The molecule has 0 aliphatic rings. The molecule has 10 heteroatoms. The number of halogens is 1. The van der Waals surface area contributed by atoms with E-state index in [0.717, 1.165) is 16.4 Å². The molecule has 2 N–H and O–H groups in total. The molecule has 0 bridgehead atoms. The van der Waals surface area contributed by atoms with Crippen LogP contribution in [0.4, 0.5) is 9.18 Å². The van der Waals surface area contributed by atoms with Gasteiger partial charge in [-0.2, -0.15) is 4.31 Å². The van der Waals surface area contributed by atoms with E-state index in [1.165, 1.54) is 38.1 Å². The molecule has 0 fully saturated rings. The van der Waals surface area contributed by atoms with Crippen LogP contribution in [0.5, 0.6) is 0 Å². The fraction of sp³-hybridized carbons (Fsp3) is 0.467. The number of likely N-dealkylation sites (N-methyl/N-ethyl adjacent to an activating group) is 1. The zero-order chi connectivity index (χ0) is 19.2. The smallest absolute Gasteiger partial charge is 0.317 e. The summed E-state index contributed by atoms with van der Waals surface area (Å²) in [5, 5.41) is 11.3. The number of carboxylic acids is 1. The van der Waals surface area contributed by atoms with Crippen molar-refractivity contribution < 1.29 is 27.5 Å². The largest absolute Gasteiger partial charge is 0.481 e. The lowest BCUT2D eigenvalue weighted by molar-refractivity contribution is -0.141. The molecular formula is C15H22FN3O5S. The van der Waals surface area contributed by atoms with Gasteiger partial charge in [0.1, 0.15) is 5.82 Å². The number of nitrogens with zero attached hydrogens (tertiary/aromatic N) is 2. The van der Waals surface area contributed by atoms with Crippen molar-refractivity contribution in [2.45, 2.75) is 11.8 Å². The van der Waals surface area contributed by atoms with Gasteiger partial charge in [-0.25, -0.2) is 17.6 Å². The third-order valence-electron chi connectivity index (χ3n) is 3.54. The number of carbonyl (C=O) groups excluding carboxylic acids is 1. The summed E-state index contributed by atoms with van der Waals surface area (Å²) in [6.45, 7) is 1.56. The van der Waals surface area contributed by atoms with E-state index in [1.54, 1.807) is 0 Å². The van der Waals surface area contributed by atoms with Gasteiger partial charge in [-0.3, -0.25) is 4.79 Å². The summed E-state index contributed by atoms with van der Waals surface area (Å²) < 4.78 is 38.5. The summed E-state index contributed by atoms with van der Waals surface area (Å²) >= 11 is 0. The summed E-state index contributed by atoms with van der Waals surface area (Å²) in [4.78, 5) is 23.8. The predicted octanol–water partition coefficient (Wildman–Crippen LogP) is 0.808. The first-order chi connectivity index (χ1) is 11.6. The minimum absolute atomic E-state index is 0.00771. The molecule has 1 aromatic rings. The Kier molecular flexibility index (Phi) is 7.31. The lowest BCUT2D eigenvalue weighted by atomic mass is 10.2. The maximum Gasteiger partial charge on any atom is 0.317 e. The Balaban J connectivity index is 2.53. The van der Waals surface area contributed by atoms with Crippen molar-refractivity contribution in [3.63, 3.8) is 0 Å². The number of urea groups is 1. The van der Waals surface area contributed by atoms with E-state index in [4.69, 9.17) is 5.11 Å². The number of sulfonamides is 1. The van der Waals surface area contributed by atoms with Crippen LogP contribution in [-0.2, 0) is 14.8 Å². The molecule has 25 heavy (non-hydrogen) atoms. The van der Waals surface area contributed by atoms with Gasteiger partial charge >= 0.3 is 12.0 Å². The third kappa shape index (κ3) is 5.98. The van der Waals surface area contributed by atoms with E-state index in [1.807, 2.05) is 0 Å². The Morgan fingerprint density at radius 2 is 1.80 bits per heavy atom. The Hall–Kier alpha value is -2.20. The highest BCUT2D eigenvalue weighted by molar-refractivity contribution is 7.89. The highest BCUT2D eigenvalue weighted by Gasteiger charge is 2.21. The Morgan fingerprint density at radius 1 is 1.24 bits per heavy atom. The first-order valence-corrected chi connectivity index (χ1v) is 8.93. The monoisotopic (exact) mass is 375 g/mol. The van der Waals surface area contributed by atoms with E-state index in [0.29, 0.717) is 0 Å². The Bertz CT molecular complexity index is 708. The topological polar surface area (TPSA) is 107 Å². The summed E-state index contributed by atoms with van der Waals surface area (Å²) in [6.07, 6.45) is 0. The molecule has 8 nitrogen and oxygen atoms in total. The Labute approximate surface area is 146 Å². The molecule has 140 valence electrons. The SMILES string of the molecule is CC(CN(C)C(=O)NCCN(C)S(=O)(=O)c1ccc(F)cc1)C(=O)O. The highest BCUT2D eigenvalue weighted by atomic mass is 32.2. The molecule has 1 rings (SSSR count). The van der Waals surface area contributed by atoms with E-state index < -0.39 is 33.8 Å². The van der Waals surface area contributed by atoms with Gasteiger partial charge in [0.15, 0.2) is 0 Å². The quantitative estimate of drug-likeness (QED) is 0.699. The predicted molar refractivity (Wildman–Crippen MR) is 89.0 cm³/mol. The molecule has 0 spiro atoms. The van der Waals surface area contributed by atoms with Gasteiger partial charge in [0.25, 0.3) is 0 Å². The van der Waals surface area contributed by atoms with Crippen molar-refractivity contribution in [1.82, 2.24) is 14.5 Å². The number of aliphatic carboxylic acids is 1. The van der Waals surface area contributed by atoms with Gasteiger partial charge in [-0.15, -0.1) is 0 Å². The minimum atomic E-state index is -3.78. The van der Waals surface area contributed by atoms with Crippen LogP contribution in [0.3, 0.4) is 0 Å². The standard InChI is InChI=1S/C15H22FN3O5S/c1-11(14(20)21)10-18(2)15(22)17-8-9-19(3)25(23,24)13-6-4-12(16)5-7-13/h4-7,11H,8-10H2,1-3H3,(H,17,22)(H,20,21). The summed E-state index contributed by atoms with van der Waals surface area (Å²) in [5.74, 6) is -2.26. The average Bonchev–Trinajstić information content (AvgIpc) is 2.54. The number of hydrogen-bond donors (Lipinski definition) is 2. The number of nitrogens with one attached hydrogen (secondary N) is 1. The summed E-state index contributed by atoms with van der Waals surface area (Å²) in [7, 11) is -0.980. The second-order valence-corrected chi connectivity index (χ2v) is 7.68. The van der Waals surface area contributed by atoms with E-state index in [9.17, 15) is 22.4 Å². The molecule has 1 unspecified atom stereocenters.